The molecule has 2 N–H and O–H groups in total. The molecule has 0 aromatic heterocycles. The first kappa shape index (κ1) is 33.1. The van der Waals surface area contributed by atoms with Gasteiger partial charge in [-0.1, -0.05) is 81.0 Å². The molecule has 214 valence electrons. The summed E-state index contributed by atoms with van der Waals surface area (Å²) in [6.07, 6.45) is 9.79. The Bertz CT molecular complexity index is 959. The molecule has 0 radical (unpaired) electrons. The SMILES string of the molecule is CC(=O)O.O=C(OCc1ccccc1)c1ccccc1O.O=C1CCCCCCCCCCC(=O)OCCO1. The van der Waals surface area contributed by atoms with Gasteiger partial charge in [0, 0.05) is 19.8 Å². The molecule has 0 saturated carbocycles. The number of carboxylic acids is 1. The molecule has 1 aliphatic rings. The Labute approximate surface area is 230 Å². The molecular weight excluding hydrogens is 504 g/mol. The van der Waals surface area contributed by atoms with E-state index in [0.717, 1.165) is 38.2 Å². The van der Waals surface area contributed by atoms with Crippen molar-refractivity contribution < 1.29 is 43.6 Å². The van der Waals surface area contributed by atoms with Gasteiger partial charge in [0.1, 0.15) is 31.1 Å². The third-order valence-corrected chi connectivity index (χ3v) is 5.46. The number of hydrogen-bond donors (Lipinski definition) is 2. The van der Waals surface area contributed by atoms with Gasteiger partial charge in [-0.25, -0.2) is 4.79 Å². The molecule has 3 rings (SSSR count). The summed E-state index contributed by atoms with van der Waals surface area (Å²) in [5, 5.41) is 16.9. The predicted octanol–water partition coefficient (Wildman–Crippen LogP) is 5.83. The van der Waals surface area contributed by atoms with Crippen LogP contribution in [0.15, 0.2) is 54.6 Å². The van der Waals surface area contributed by atoms with Gasteiger partial charge in [-0.15, -0.1) is 0 Å². The smallest absolute Gasteiger partial charge is 0.342 e. The van der Waals surface area contributed by atoms with Gasteiger partial charge in [0.25, 0.3) is 5.97 Å². The monoisotopic (exact) mass is 544 g/mol. The Kier molecular flexibility index (Phi) is 17.9. The number of aliphatic carboxylic acids is 1. The minimum Gasteiger partial charge on any atom is -0.507 e. The molecule has 0 spiro atoms. The van der Waals surface area contributed by atoms with Crippen LogP contribution in [-0.4, -0.2) is 47.3 Å². The van der Waals surface area contributed by atoms with E-state index in [1.165, 1.54) is 37.8 Å². The van der Waals surface area contributed by atoms with Crippen LogP contribution in [0.25, 0.3) is 0 Å². The van der Waals surface area contributed by atoms with Crippen LogP contribution in [0.4, 0.5) is 0 Å². The fourth-order valence-electron chi connectivity index (χ4n) is 3.50. The summed E-state index contributed by atoms with van der Waals surface area (Å²) < 4.78 is 15.0. The summed E-state index contributed by atoms with van der Waals surface area (Å²) in [5.74, 6) is -1.78. The fourth-order valence-corrected chi connectivity index (χ4v) is 3.50. The van der Waals surface area contributed by atoms with Crippen molar-refractivity contribution in [1.29, 1.82) is 0 Å². The van der Waals surface area contributed by atoms with Gasteiger partial charge in [0.05, 0.1) is 0 Å². The fraction of sp³-hybridized carbons (Fsp3) is 0.467. The summed E-state index contributed by atoms with van der Waals surface area (Å²) in [6.45, 7) is 1.66. The lowest BCUT2D eigenvalue weighted by molar-refractivity contribution is -0.152. The number of carbonyl (C=O) groups excluding carboxylic acids is 3. The lowest BCUT2D eigenvalue weighted by atomic mass is 10.1. The van der Waals surface area contributed by atoms with E-state index in [1.54, 1.807) is 12.1 Å². The first-order valence-electron chi connectivity index (χ1n) is 13.3. The number of esters is 3. The standard InChI is InChI=1S/C14H24O4.C14H12O3.C2H4O2/c15-13-9-7-5-3-1-2-4-6-8-10-14(16)18-12-11-17-13;15-13-9-5-4-8-12(13)14(16)17-10-11-6-2-1-3-7-11;1-2(3)4/h1-12H2;1-9,15H,10H2;1H3,(H,3,4). The first-order valence-corrected chi connectivity index (χ1v) is 13.3. The number of hydrogen-bond acceptors (Lipinski definition) is 8. The topological polar surface area (TPSA) is 136 Å². The van der Waals surface area contributed by atoms with Crippen LogP contribution in [-0.2, 0) is 35.2 Å². The van der Waals surface area contributed by atoms with Crippen LogP contribution < -0.4 is 0 Å². The quantitative estimate of drug-likeness (QED) is 0.361. The zero-order chi connectivity index (χ0) is 28.7. The number of phenolic OH excluding ortho intramolecular Hbond substituents is 1. The van der Waals surface area contributed by atoms with Crippen LogP contribution in [0.3, 0.4) is 0 Å². The Morgan fingerprint density at radius 1 is 0.744 bits per heavy atom. The van der Waals surface area contributed by atoms with E-state index in [9.17, 15) is 19.5 Å². The van der Waals surface area contributed by atoms with Crippen molar-refractivity contribution in [2.45, 2.75) is 77.7 Å². The molecule has 1 fully saturated rings. The van der Waals surface area contributed by atoms with E-state index in [2.05, 4.69) is 0 Å². The third kappa shape index (κ3) is 18.1. The summed E-state index contributed by atoms with van der Waals surface area (Å²) in [5.41, 5.74) is 1.10. The van der Waals surface area contributed by atoms with Crippen molar-refractivity contribution >= 4 is 23.9 Å². The lowest BCUT2D eigenvalue weighted by Gasteiger charge is -2.07. The Morgan fingerprint density at radius 2 is 1.18 bits per heavy atom. The van der Waals surface area contributed by atoms with Crippen LogP contribution in [0, 0.1) is 0 Å². The number of ether oxygens (including phenoxy) is 3. The second-order valence-corrected chi connectivity index (χ2v) is 8.87. The van der Waals surface area contributed by atoms with Gasteiger partial charge in [-0.3, -0.25) is 14.4 Å². The van der Waals surface area contributed by atoms with Crippen LogP contribution in [0.2, 0.25) is 0 Å². The van der Waals surface area contributed by atoms with E-state index >= 15 is 0 Å². The number of para-hydroxylation sites is 1. The molecule has 0 amide bonds. The molecule has 1 aliphatic heterocycles. The Hall–Kier alpha value is -3.88. The third-order valence-electron chi connectivity index (χ3n) is 5.46. The van der Waals surface area contributed by atoms with Gasteiger partial charge in [-0.05, 0) is 30.5 Å². The molecule has 1 saturated heterocycles. The highest BCUT2D eigenvalue weighted by Gasteiger charge is 2.11. The maximum atomic E-state index is 11.7. The zero-order valence-electron chi connectivity index (χ0n) is 22.6. The lowest BCUT2D eigenvalue weighted by Crippen LogP contribution is -2.13. The van der Waals surface area contributed by atoms with Crippen molar-refractivity contribution in [3.05, 3.63) is 65.7 Å². The van der Waals surface area contributed by atoms with Crippen LogP contribution in [0.1, 0.15) is 87.1 Å². The minimum absolute atomic E-state index is 0.0643. The number of carbonyl (C=O) groups is 4. The maximum absolute atomic E-state index is 11.7. The van der Waals surface area contributed by atoms with Crippen molar-refractivity contribution in [3.8, 4) is 5.75 Å². The second kappa shape index (κ2) is 21.1. The van der Waals surface area contributed by atoms with Crippen molar-refractivity contribution in [2.24, 2.45) is 0 Å². The molecule has 0 bridgehead atoms. The van der Waals surface area contributed by atoms with E-state index in [-0.39, 0.29) is 43.1 Å². The predicted molar refractivity (Wildman–Crippen MR) is 145 cm³/mol. The van der Waals surface area contributed by atoms with Gasteiger partial charge < -0.3 is 24.4 Å². The highest BCUT2D eigenvalue weighted by Crippen LogP contribution is 2.17. The number of benzene rings is 2. The van der Waals surface area contributed by atoms with Gasteiger partial charge in [0.15, 0.2) is 0 Å². The molecule has 0 aliphatic carbocycles. The van der Waals surface area contributed by atoms with E-state index in [0.29, 0.717) is 12.8 Å². The van der Waals surface area contributed by atoms with Crippen LogP contribution >= 0.6 is 0 Å². The molecule has 0 unspecified atom stereocenters. The molecule has 39 heavy (non-hydrogen) atoms. The van der Waals surface area contributed by atoms with Gasteiger partial charge >= 0.3 is 17.9 Å². The van der Waals surface area contributed by atoms with E-state index in [4.69, 9.17) is 24.1 Å². The molecule has 1 heterocycles. The average Bonchev–Trinajstić information content (AvgIpc) is 2.91. The molecule has 2 aromatic carbocycles. The van der Waals surface area contributed by atoms with E-state index in [1.807, 2.05) is 30.3 Å². The summed E-state index contributed by atoms with van der Waals surface area (Å²) >= 11 is 0. The van der Waals surface area contributed by atoms with Crippen molar-refractivity contribution in [1.82, 2.24) is 0 Å². The number of aromatic hydroxyl groups is 1. The highest BCUT2D eigenvalue weighted by atomic mass is 16.6. The van der Waals surface area contributed by atoms with Gasteiger partial charge in [-0.2, -0.15) is 0 Å². The van der Waals surface area contributed by atoms with E-state index < -0.39 is 11.9 Å². The number of rotatable bonds is 3. The summed E-state index contributed by atoms with van der Waals surface area (Å²) in [4.78, 5) is 43.2. The zero-order valence-corrected chi connectivity index (χ0v) is 22.6. The summed E-state index contributed by atoms with van der Waals surface area (Å²) in [7, 11) is 0. The normalized spacial score (nSPS) is 15.1. The van der Waals surface area contributed by atoms with Crippen LogP contribution in [0.5, 0.6) is 5.75 Å². The van der Waals surface area contributed by atoms with Crippen molar-refractivity contribution in [2.75, 3.05) is 13.2 Å². The second-order valence-electron chi connectivity index (χ2n) is 8.87. The Morgan fingerprint density at radius 3 is 1.67 bits per heavy atom. The van der Waals surface area contributed by atoms with Gasteiger partial charge in [0.2, 0.25) is 0 Å². The average molecular weight is 545 g/mol. The summed E-state index contributed by atoms with van der Waals surface area (Å²) in [6, 6.07) is 15.7. The molecule has 0 atom stereocenters. The number of carboxylic acid groups (broad SMARTS) is 1. The molecule has 2 aromatic rings. The van der Waals surface area contributed by atoms with Crippen molar-refractivity contribution in [3.63, 3.8) is 0 Å². The number of cyclic esters (lactones) is 2. The largest absolute Gasteiger partial charge is 0.507 e. The maximum Gasteiger partial charge on any atom is 0.342 e. The Balaban J connectivity index is 0.000000343. The number of phenols is 1. The molecule has 9 heteroatoms. The minimum atomic E-state index is -0.833. The highest BCUT2D eigenvalue weighted by molar-refractivity contribution is 5.92. The molecular formula is C30H40O9. The molecule has 9 nitrogen and oxygen atoms in total. The first-order chi connectivity index (χ1) is 18.8.